The zero-order chi connectivity index (χ0) is 7.98. The van der Waals surface area contributed by atoms with Gasteiger partial charge in [0.25, 0.3) is 0 Å². The van der Waals surface area contributed by atoms with E-state index in [1.54, 1.807) is 19.2 Å². The van der Waals surface area contributed by atoms with E-state index in [-0.39, 0.29) is 5.97 Å². The van der Waals surface area contributed by atoms with Gasteiger partial charge in [0.15, 0.2) is 0 Å². The molecule has 0 heterocycles. The number of hydrogen-bond acceptors (Lipinski definition) is 4. The number of rotatable bonds is 4. The molecule has 0 fully saturated rings. The zero-order valence-corrected chi connectivity index (χ0v) is 6.59. The largest absolute Gasteiger partial charge is 0.464 e. The van der Waals surface area contributed by atoms with Gasteiger partial charge in [-0.15, -0.1) is 0 Å². The maximum Gasteiger partial charge on any atom is 0.302 e. The molecule has 0 amide bonds. The number of carbonyl (C=O) groups excluding carboxylic acids is 1. The van der Waals surface area contributed by atoms with Crippen LogP contribution in [0.15, 0.2) is 0 Å². The lowest BCUT2D eigenvalue weighted by Crippen LogP contribution is -2.22. The number of nitrogens with zero attached hydrogens (tertiary/aromatic N) is 1. The van der Waals surface area contributed by atoms with E-state index in [0.29, 0.717) is 13.2 Å². The highest BCUT2D eigenvalue weighted by Crippen LogP contribution is 1.82. The van der Waals surface area contributed by atoms with Crippen LogP contribution in [0.4, 0.5) is 0 Å². The average molecular weight is 147 g/mol. The second-order valence-electron chi connectivity index (χ2n) is 1.87. The lowest BCUT2D eigenvalue weighted by Gasteiger charge is -2.12. The van der Waals surface area contributed by atoms with Crippen molar-refractivity contribution in [3.05, 3.63) is 0 Å². The molecule has 0 saturated heterocycles. The molecule has 0 spiro atoms. The highest BCUT2D eigenvalue weighted by atomic mass is 16.7. The van der Waals surface area contributed by atoms with Crippen LogP contribution >= 0.6 is 0 Å². The summed E-state index contributed by atoms with van der Waals surface area (Å²) in [5, 5.41) is 1.59. The maximum atomic E-state index is 10.2. The molecule has 10 heavy (non-hydrogen) atoms. The second kappa shape index (κ2) is 5.20. The van der Waals surface area contributed by atoms with Gasteiger partial charge in [-0.2, -0.15) is 5.06 Å². The molecular formula is C6H13NO3. The Balaban J connectivity index is 3.11. The first kappa shape index (κ1) is 9.39. The summed E-state index contributed by atoms with van der Waals surface area (Å²) in [6.45, 7) is 2.35. The smallest absolute Gasteiger partial charge is 0.302 e. The summed E-state index contributed by atoms with van der Waals surface area (Å²) in [6, 6.07) is 0. The van der Waals surface area contributed by atoms with Crippen molar-refractivity contribution in [2.75, 3.05) is 27.3 Å². The van der Waals surface area contributed by atoms with E-state index in [1.807, 2.05) is 0 Å². The molecule has 0 aliphatic heterocycles. The first-order chi connectivity index (χ1) is 4.66. The standard InChI is InChI=1S/C6H13NO3/c1-6(8)10-5-4-7(2)9-3/h4-5H2,1-3H3. The quantitative estimate of drug-likeness (QED) is 0.416. The molecule has 0 bridgehead atoms. The summed E-state index contributed by atoms with van der Waals surface area (Å²) in [5.41, 5.74) is 0. The Hall–Kier alpha value is -0.610. The van der Waals surface area contributed by atoms with Crippen molar-refractivity contribution in [3.63, 3.8) is 0 Å². The van der Waals surface area contributed by atoms with Crippen molar-refractivity contribution in [3.8, 4) is 0 Å². The Morgan fingerprint density at radius 2 is 2.20 bits per heavy atom. The van der Waals surface area contributed by atoms with Gasteiger partial charge in [0.2, 0.25) is 0 Å². The molecule has 4 nitrogen and oxygen atoms in total. The lowest BCUT2D eigenvalue weighted by molar-refractivity contribution is -0.148. The van der Waals surface area contributed by atoms with Gasteiger partial charge in [-0.3, -0.25) is 4.79 Å². The van der Waals surface area contributed by atoms with Crippen LogP contribution < -0.4 is 0 Å². The summed E-state index contributed by atoms with van der Waals surface area (Å²) in [6.07, 6.45) is 0. The summed E-state index contributed by atoms with van der Waals surface area (Å²) >= 11 is 0. The Morgan fingerprint density at radius 3 is 2.60 bits per heavy atom. The van der Waals surface area contributed by atoms with E-state index in [2.05, 4.69) is 4.74 Å². The van der Waals surface area contributed by atoms with Gasteiger partial charge in [-0.1, -0.05) is 0 Å². The van der Waals surface area contributed by atoms with Crippen molar-refractivity contribution >= 4 is 5.97 Å². The summed E-state index contributed by atoms with van der Waals surface area (Å²) in [5.74, 6) is -0.260. The molecule has 0 aromatic heterocycles. The van der Waals surface area contributed by atoms with Crippen LogP contribution in [0, 0.1) is 0 Å². The van der Waals surface area contributed by atoms with Crippen LogP contribution in [0.1, 0.15) is 6.92 Å². The fraction of sp³-hybridized carbons (Fsp3) is 0.833. The van der Waals surface area contributed by atoms with Gasteiger partial charge in [0.1, 0.15) is 6.61 Å². The third-order valence-corrected chi connectivity index (χ3v) is 1.02. The molecule has 0 unspecified atom stereocenters. The number of ether oxygens (including phenoxy) is 1. The van der Waals surface area contributed by atoms with Crippen molar-refractivity contribution in [2.24, 2.45) is 0 Å². The molecule has 0 radical (unpaired) electrons. The van der Waals surface area contributed by atoms with Crippen LogP contribution in [0.2, 0.25) is 0 Å². The normalized spacial score (nSPS) is 10.0. The summed E-state index contributed by atoms with van der Waals surface area (Å²) in [7, 11) is 3.33. The molecule has 0 saturated carbocycles. The molecule has 0 aliphatic rings. The van der Waals surface area contributed by atoms with Crippen LogP contribution in [-0.4, -0.2) is 38.3 Å². The van der Waals surface area contributed by atoms with E-state index >= 15 is 0 Å². The first-order valence-electron chi connectivity index (χ1n) is 3.05. The minimum absolute atomic E-state index is 0.260. The zero-order valence-electron chi connectivity index (χ0n) is 6.59. The topological polar surface area (TPSA) is 38.8 Å². The van der Waals surface area contributed by atoms with E-state index in [0.717, 1.165) is 0 Å². The molecule has 0 N–H and O–H groups in total. The van der Waals surface area contributed by atoms with E-state index in [9.17, 15) is 4.79 Å². The van der Waals surface area contributed by atoms with Crippen LogP contribution in [0.5, 0.6) is 0 Å². The van der Waals surface area contributed by atoms with Crippen LogP contribution in [0.25, 0.3) is 0 Å². The molecule has 0 rings (SSSR count). The second-order valence-corrected chi connectivity index (χ2v) is 1.87. The summed E-state index contributed by atoms with van der Waals surface area (Å²) < 4.78 is 4.65. The molecule has 0 aliphatic carbocycles. The Morgan fingerprint density at radius 1 is 1.60 bits per heavy atom. The molecule has 0 aromatic carbocycles. The Labute approximate surface area is 60.7 Å². The number of hydrogen-bond donors (Lipinski definition) is 0. The molecule has 0 atom stereocenters. The molecular weight excluding hydrogens is 134 g/mol. The van der Waals surface area contributed by atoms with Gasteiger partial charge in [-0.25, -0.2) is 0 Å². The van der Waals surface area contributed by atoms with Gasteiger partial charge in [0, 0.05) is 14.0 Å². The average Bonchev–Trinajstić information content (AvgIpc) is 1.87. The third-order valence-electron chi connectivity index (χ3n) is 1.02. The Bertz CT molecular complexity index is 105. The first-order valence-corrected chi connectivity index (χ1v) is 3.05. The van der Waals surface area contributed by atoms with E-state index < -0.39 is 0 Å². The van der Waals surface area contributed by atoms with Crippen LogP contribution in [-0.2, 0) is 14.4 Å². The number of esters is 1. The highest BCUT2D eigenvalue weighted by Gasteiger charge is 1.95. The fourth-order valence-electron chi connectivity index (χ4n) is 0.409. The third kappa shape index (κ3) is 5.53. The highest BCUT2D eigenvalue weighted by molar-refractivity contribution is 5.65. The fourth-order valence-corrected chi connectivity index (χ4v) is 0.409. The van der Waals surface area contributed by atoms with E-state index in [1.165, 1.54) is 6.92 Å². The van der Waals surface area contributed by atoms with Crippen molar-refractivity contribution in [1.82, 2.24) is 5.06 Å². The maximum absolute atomic E-state index is 10.2. The molecule has 0 aromatic rings. The number of hydroxylamine groups is 2. The lowest BCUT2D eigenvalue weighted by atomic mass is 10.7. The summed E-state index contributed by atoms with van der Waals surface area (Å²) in [4.78, 5) is 15.0. The predicted molar refractivity (Wildman–Crippen MR) is 36.3 cm³/mol. The van der Waals surface area contributed by atoms with Crippen LogP contribution in [0.3, 0.4) is 0 Å². The predicted octanol–water partition coefficient (Wildman–Crippen LogP) is 0.0427. The number of likely N-dealkylation sites (N-methyl/N-ethyl adjacent to an activating group) is 1. The van der Waals surface area contributed by atoms with Gasteiger partial charge in [0.05, 0.1) is 13.7 Å². The SMILES string of the molecule is CON(C)CCOC(C)=O. The Kier molecular flexibility index (Phi) is 4.88. The minimum atomic E-state index is -0.260. The van der Waals surface area contributed by atoms with Crippen molar-refractivity contribution in [1.29, 1.82) is 0 Å². The van der Waals surface area contributed by atoms with Gasteiger partial charge in [-0.05, 0) is 0 Å². The molecule has 60 valence electrons. The molecule has 4 heteroatoms. The van der Waals surface area contributed by atoms with Gasteiger partial charge >= 0.3 is 5.97 Å². The minimum Gasteiger partial charge on any atom is -0.464 e. The van der Waals surface area contributed by atoms with Gasteiger partial charge < -0.3 is 9.57 Å². The van der Waals surface area contributed by atoms with E-state index in [4.69, 9.17) is 4.84 Å². The monoisotopic (exact) mass is 147 g/mol. The van der Waals surface area contributed by atoms with Crippen molar-refractivity contribution in [2.45, 2.75) is 6.92 Å². The number of carbonyl (C=O) groups is 1. The van der Waals surface area contributed by atoms with Crippen molar-refractivity contribution < 1.29 is 14.4 Å².